The molecule has 0 fully saturated rings. The van der Waals surface area contributed by atoms with E-state index in [1.807, 2.05) is 0 Å². The van der Waals surface area contributed by atoms with Crippen molar-refractivity contribution in [3.05, 3.63) is 48.6 Å². The van der Waals surface area contributed by atoms with Gasteiger partial charge >= 0.3 is 11.9 Å². The van der Waals surface area contributed by atoms with Gasteiger partial charge in [0.2, 0.25) is 11.8 Å². The molecule has 346 valence electrons. The number of allylic oxidation sites excluding steroid dienone is 8. The lowest BCUT2D eigenvalue weighted by Crippen LogP contribution is -2.47. The molecule has 0 saturated carbocycles. The van der Waals surface area contributed by atoms with Crippen molar-refractivity contribution >= 4 is 23.8 Å². The van der Waals surface area contributed by atoms with Gasteiger partial charge in [-0.15, -0.1) is 0 Å². The number of hydrogen-bond donors (Lipinski definition) is 4. The SMILES string of the molecule is CCCCC/C=C\C/C=C\C/C=C\CCCCCCCCC(=O)OC(CCC/C=C\CCCCCCCCCC)CCCCCCCC(=O)NCC(=O)NC(CO)C(=O)O. The summed E-state index contributed by atoms with van der Waals surface area (Å²) in [5, 5.41) is 22.6. The van der Waals surface area contributed by atoms with E-state index in [0.29, 0.717) is 12.8 Å². The van der Waals surface area contributed by atoms with Crippen molar-refractivity contribution in [3.63, 3.8) is 0 Å². The average Bonchev–Trinajstić information content (AvgIpc) is 3.23. The third kappa shape index (κ3) is 41.5. The third-order valence-corrected chi connectivity index (χ3v) is 10.8. The molecule has 0 heterocycles. The number of rotatable bonds is 44. The van der Waals surface area contributed by atoms with Crippen LogP contribution in [0.15, 0.2) is 48.6 Å². The standard InChI is InChI=1S/C51H90N2O7/c1-3-5-7-9-11-13-15-17-18-19-20-21-22-24-26-28-30-35-39-43-50(57)60-46(40-36-32-29-27-25-23-16-14-12-10-8-6-4-2)41-37-33-31-34-38-42-48(55)52-44-49(56)53-47(45-54)51(58)59/h11,13,17-18,20-21,27,29,46-47,54H,3-10,12,14-16,19,22-26,28,30-45H2,1-2H3,(H,52,55)(H,53,56)(H,58,59)/b13-11-,18-17-,21-20-,29-27-. The highest BCUT2D eigenvalue weighted by atomic mass is 16.5. The summed E-state index contributed by atoms with van der Waals surface area (Å²) in [6.07, 6.45) is 54.2. The largest absolute Gasteiger partial charge is 0.480 e. The fourth-order valence-corrected chi connectivity index (χ4v) is 7.02. The Kier molecular flexibility index (Phi) is 42.9. The second-order valence-corrected chi connectivity index (χ2v) is 16.5. The van der Waals surface area contributed by atoms with Crippen molar-refractivity contribution < 1.29 is 34.1 Å². The first kappa shape index (κ1) is 56.8. The van der Waals surface area contributed by atoms with E-state index in [-0.39, 0.29) is 30.9 Å². The molecule has 0 aliphatic carbocycles. The van der Waals surface area contributed by atoms with Crippen molar-refractivity contribution in [3.8, 4) is 0 Å². The van der Waals surface area contributed by atoms with Gasteiger partial charge in [0.1, 0.15) is 12.1 Å². The van der Waals surface area contributed by atoms with Crippen molar-refractivity contribution in [1.82, 2.24) is 10.6 Å². The van der Waals surface area contributed by atoms with E-state index in [1.165, 1.54) is 96.3 Å². The molecule has 0 aromatic rings. The summed E-state index contributed by atoms with van der Waals surface area (Å²) in [4.78, 5) is 47.7. The highest BCUT2D eigenvalue weighted by molar-refractivity contribution is 5.87. The number of aliphatic carboxylic acids is 1. The Bertz CT molecular complexity index is 1150. The maximum Gasteiger partial charge on any atom is 0.328 e. The summed E-state index contributed by atoms with van der Waals surface area (Å²) < 4.78 is 6.03. The molecule has 0 aliphatic rings. The number of aliphatic hydroxyl groups excluding tert-OH is 1. The fourth-order valence-electron chi connectivity index (χ4n) is 7.02. The minimum Gasteiger partial charge on any atom is -0.480 e. The molecule has 0 aromatic heterocycles. The number of carboxylic acid groups (broad SMARTS) is 1. The van der Waals surface area contributed by atoms with Crippen molar-refractivity contribution in [2.24, 2.45) is 0 Å². The lowest BCUT2D eigenvalue weighted by Gasteiger charge is -2.18. The van der Waals surface area contributed by atoms with E-state index in [1.54, 1.807) is 0 Å². The Hall–Kier alpha value is -3.20. The number of ether oxygens (including phenoxy) is 1. The number of carbonyl (C=O) groups is 4. The second-order valence-electron chi connectivity index (χ2n) is 16.5. The van der Waals surface area contributed by atoms with Crippen LogP contribution in [-0.2, 0) is 23.9 Å². The van der Waals surface area contributed by atoms with Crippen LogP contribution in [0.5, 0.6) is 0 Å². The van der Waals surface area contributed by atoms with Gasteiger partial charge in [0.05, 0.1) is 13.2 Å². The summed E-state index contributed by atoms with van der Waals surface area (Å²) >= 11 is 0. The highest BCUT2D eigenvalue weighted by Crippen LogP contribution is 2.18. The number of nitrogens with one attached hydrogen (secondary N) is 2. The summed E-state index contributed by atoms with van der Waals surface area (Å²) in [6, 6.07) is -1.39. The highest BCUT2D eigenvalue weighted by Gasteiger charge is 2.19. The average molecular weight is 843 g/mol. The van der Waals surface area contributed by atoms with Gasteiger partial charge in [-0.25, -0.2) is 4.79 Å². The van der Waals surface area contributed by atoms with Crippen LogP contribution in [0.1, 0.15) is 226 Å². The zero-order chi connectivity index (χ0) is 44.0. The zero-order valence-electron chi connectivity index (χ0n) is 38.5. The van der Waals surface area contributed by atoms with E-state index < -0.39 is 24.5 Å². The van der Waals surface area contributed by atoms with Crippen LogP contribution in [0, 0.1) is 0 Å². The molecule has 9 nitrogen and oxygen atoms in total. The lowest BCUT2D eigenvalue weighted by molar-refractivity contribution is -0.150. The van der Waals surface area contributed by atoms with Crippen LogP contribution in [0.4, 0.5) is 0 Å². The van der Waals surface area contributed by atoms with E-state index >= 15 is 0 Å². The molecular weight excluding hydrogens is 753 g/mol. The number of aliphatic hydroxyl groups is 1. The molecule has 4 N–H and O–H groups in total. The van der Waals surface area contributed by atoms with E-state index in [2.05, 4.69) is 73.1 Å². The Morgan fingerprint density at radius 3 is 1.47 bits per heavy atom. The van der Waals surface area contributed by atoms with Crippen LogP contribution < -0.4 is 10.6 Å². The number of esters is 1. The molecule has 0 aliphatic heterocycles. The number of carbonyl (C=O) groups excluding carboxylic acids is 3. The molecule has 0 radical (unpaired) electrons. The quantitative estimate of drug-likeness (QED) is 0.0272. The Balaban J connectivity index is 4.35. The van der Waals surface area contributed by atoms with Gasteiger partial charge < -0.3 is 25.6 Å². The predicted molar refractivity (Wildman–Crippen MR) is 250 cm³/mol. The van der Waals surface area contributed by atoms with Crippen molar-refractivity contribution in [1.29, 1.82) is 0 Å². The van der Waals surface area contributed by atoms with Gasteiger partial charge in [-0.05, 0) is 96.3 Å². The summed E-state index contributed by atoms with van der Waals surface area (Å²) in [5.74, 6) is -2.32. The topological polar surface area (TPSA) is 142 Å². The van der Waals surface area contributed by atoms with Gasteiger partial charge in [-0.3, -0.25) is 14.4 Å². The molecule has 0 bridgehead atoms. The van der Waals surface area contributed by atoms with E-state index in [9.17, 15) is 19.2 Å². The van der Waals surface area contributed by atoms with Crippen LogP contribution >= 0.6 is 0 Å². The van der Waals surface area contributed by atoms with Gasteiger partial charge in [-0.2, -0.15) is 0 Å². The summed E-state index contributed by atoms with van der Waals surface area (Å²) in [7, 11) is 0. The number of unbranched alkanes of at least 4 members (excludes halogenated alkanes) is 22. The first-order chi connectivity index (χ1) is 29.3. The van der Waals surface area contributed by atoms with Crippen molar-refractivity contribution in [2.75, 3.05) is 13.2 Å². The zero-order valence-corrected chi connectivity index (χ0v) is 38.5. The van der Waals surface area contributed by atoms with Gasteiger partial charge in [0.25, 0.3) is 0 Å². The Morgan fingerprint density at radius 1 is 0.500 bits per heavy atom. The smallest absolute Gasteiger partial charge is 0.328 e. The van der Waals surface area contributed by atoms with Crippen LogP contribution in [0.3, 0.4) is 0 Å². The van der Waals surface area contributed by atoms with Crippen LogP contribution in [0.2, 0.25) is 0 Å². The van der Waals surface area contributed by atoms with Gasteiger partial charge in [0, 0.05) is 12.8 Å². The van der Waals surface area contributed by atoms with Crippen LogP contribution in [-0.4, -0.2) is 59.3 Å². The maximum absolute atomic E-state index is 12.8. The Labute approximate surface area is 367 Å². The first-order valence-corrected chi connectivity index (χ1v) is 24.5. The van der Waals surface area contributed by atoms with E-state index in [0.717, 1.165) is 96.3 Å². The molecule has 60 heavy (non-hydrogen) atoms. The molecular formula is C51H90N2O7. The summed E-state index contributed by atoms with van der Waals surface area (Å²) in [6.45, 7) is 3.46. The minimum absolute atomic E-state index is 0.0530. The molecule has 0 rings (SSSR count). The first-order valence-electron chi connectivity index (χ1n) is 24.5. The normalized spacial score (nSPS) is 12.8. The number of amides is 2. The molecule has 2 atom stereocenters. The number of carboxylic acids is 1. The fraction of sp³-hybridized carbons (Fsp3) is 0.765. The molecule has 2 amide bonds. The Morgan fingerprint density at radius 2 is 0.917 bits per heavy atom. The van der Waals surface area contributed by atoms with Gasteiger partial charge in [-0.1, -0.05) is 165 Å². The van der Waals surface area contributed by atoms with Gasteiger partial charge in [0.15, 0.2) is 0 Å². The predicted octanol–water partition coefficient (Wildman–Crippen LogP) is 12.7. The van der Waals surface area contributed by atoms with Crippen molar-refractivity contribution in [2.45, 2.75) is 238 Å². The molecule has 2 unspecified atom stereocenters. The maximum atomic E-state index is 12.8. The molecule has 9 heteroatoms. The monoisotopic (exact) mass is 843 g/mol. The van der Waals surface area contributed by atoms with E-state index in [4.69, 9.17) is 14.9 Å². The molecule has 0 saturated heterocycles. The van der Waals surface area contributed by atoms with Crippen LogP contribution in [0.25, 0.3) is 0 Å². The summed E-state index contributed by atoms with van der Waals surface area (Å²) in [5.41, 5.74) is 0. The lowest BCUT2D eigenvalue weighted by atomic mass is 10.0. The second kappa shape index (κ2) is 45.3. The third-order valence-electron chi connectivity index (χ3n) is 10.8. The molecule has 0 aromatic carbocycles. The minimum atomic E-state index is -1.39. The number of hydrogen-bond acceptors (Lipinski definition) is 6. The molecule has 0 spiro atoms.